The molecule has 0 aliphatic heterocycles. The molecule has 4 nitrogen and oxygen atoms in total. The van der Waals surface area contributed by atoms with Crippen LogP contribution < -0.4 is 0 Å². The molecule has 0 radical (unpaired) electrons. The molecule has 1 aliphatic carbocycles. The number of ketones is 1. The molecule has 1 atom stereocenters. The summed E-state index contributed by atoms with van der Waals surface area (Å²) in [6.45, 7) is 6.50. The van der Waals surface area contributed by atoms with Crippen molar-refractivity contribution in [3.63, 3.8) is 0 Å². The third-order valence-electron chi connectivity index (χ3n) is 3.71. The minimum atomic E-state index is 0.0174. The zero-order chi connectivity index (χ0) is 16.4. The third-order valence-corrected chi connectivity index (χ3v) is 4.69. The second-order valence-corrected chi connectivity index (χ2v) is 6.96. The van der Waals surface area contributed by atoms with Gasteiger partial charge in [-0.15, -0.1) is 0 Å². The molecule has 0 saturated carbocycles. The number of Topliss-reactive ketones (excluding diaryl/α,β-unsaturated/α-hetero) is 1. The van der Waals surface area contributed by atoms with Gasteiger partial charge >= 0.3 is 0 Å². The molecule has 0 aromatic heterocycles. The van der Waals surface area contributed by atoms with Crippen molar-refractivity contribution in [1.29, 1.82) is 0 Å². The van der Waals surface area contributed by atoms with Gasteiger partial charge in [-0.3, -0.25) is 4.79 Å². The molecule has 0 amide bonds. The standard InChI is InChI=1S/C17H29NO3S/c1-4-8-14(18-21-5-2)17-15(19)11-13(12-16(17)20)9-7-10-22-6-3/h13,19H,4-12H2,1-3H3/t13-/m0/s1. The molecule has 1 N–H and O–H groups in total. The fourth-order valence-corrected chi connectivity index (χ4v) is 3.38. The first-order chi connectivity index (χ1) is 10.6. The minimum absolute atomic E-state index is 0.0174. The lowest BCUT2D eigenvalue weighted by Gasteiger charge is -2.24. The zero-order valence-corrected chi connectivity index (χ0v) is 14.9. The van der Waals surface area contributed by atoms with Crippen LogP contribution >= 0.6 is 11.8 Å². The molecule has 0 aromatic carbocycles. The van der Waals surface area contributed by atoms with E-state index in [0.717, 1.165) is 30.8 Å². The molecule has 0 unspecified atom stereocenters. The zero-order valence-electron chi connectivity index (χ0n) is 14.1. The number of allylic oxidation sites excluding steroid dienone is 2. The summed E-state index contributed by atoms with van der Waals surface area (Å²) in [6, 6.07) is 0. The van der Waals surface area contributed by atoms with E-state index in [1.807, 2.05) is 25.6 Å². The molecule has 0 fully saturated rings. The summed E-state index contributed by atoms with van der Waals surface area (Å²) in [5.41, 5.74) is 1.02. The molecular weight excluding hydrogens is 298 g/mol. The van der Waals surface area contributed by atoms with Crippen molar-refractivity contribution in [2.24, 2.45) is 11.1 Å². The summed E-state index contributed by atoms with van der Waals surface area (Å²) in [7, 11) is 0. The van der Waals surface area contributed by atoms with Gasteiger partial charge in [-0.05, 0) is 43.6 Å². The van der Waals surface area contributed by atoms with E-state index in [9.17, 15) is 9.90 Å². The van der Waals surface area contributed by atoms with E-state index in [1.54, 1.807) is 0 Å². The van der Waals surface area contributed by atoms with Crippen molar-refractivity contribution in [2.75, 3.05) is 18.1 Å². The highest BCUT2D eigenvalue weighted by molar-refractivity contribution is 7.99. The molecule has 126 valence electrons. The van der Waals surface area contributed by atoms with Crippen molar-refractivity contribution in [3.8, 4) is 0 Å². The summed E-state index contributed by atoms with van der Waals surface area (Å²) in [5.74, 6) is 2.75. The summed E-state index contributed by atoms with van der Waals surface area (Å²) in [6.07, 6.45) is 4.74. The number of carbonyl (C=O) groups excluding carboxylic acids is 1. The van der Waals surface area contributed by atoms with Gasteiger partial charge in [0.15, 0.2) is 5.78 Å². The monoisotopic (exact) mass is 327 g/mol. The molecule has 0 saturated heterocycles. The number of thioether (sulfide) groups is 1. The highest BCUT2D eigenvalue weighted by Crippen LogP contribution is 2.30. The average Bonchev–Trinajstić information content (AvgIpc) is 2.48. The summed E-state index contributed by atoms with van der Waals surface area (Å²) in [5, 5.41) is 14.4. The Bertz CT molecular complexity index is 418. The normalized spacial score (nSPS) is 19.7. The van der Waals surface area contributed by atoms with E-state index < -0.39 is 0 Å². The second kappa shape index (κ2) is 10.7. The molecule has 22 heavy (non-hydrogen) atoms. The maximum atomic E-state index is 12.4. The van der Waals surface area contributed by atoms with E-state index in [4.69, 9.17) is 4.84 Å². The second-order valence-electron chi connectivity index (χ2n) is 5.56. The van der Waals surface area contributed by atoms with Crippen molar-refractivity contribution in [1.82, 2.24) is 0 Å². The van der Waals surface area contributed by atoms with Crippen LogP contribution in [0.25, 0.3) is 0 Å². The number of oxime groups is 1. The Kier molecular flexibility index (Phi) is 9.28. The number of carbonyl (C=O) groups is 1. The Morgan fingerprint density at radius 1 is 1.36 bits per heavy atom. The lowest BCUT2D eigenvalue weighted by Crippen LogP contribution is -2.25. The molecular formula is C17H29NO3S. The number of hydrogen-bond acceptors (Lipinski definition) is 5. The van der Waals surface area contributed by atoms with Gasteiger partial charge in [0, 0.05) is 12.8 Å². The van der Waals surface area contributed by atoms with E-state index in [0.29, 0.717) is 37.2 Å². The van der Waals surface area contributed by atoms with Crippen LogP contribution in [0.2, 0.25) is 0 Å². The van der Waals surface area contributed by atoms with Gasteiger partial charge in [-0.2, -0.15) is 11.8 Å². The Labute approximate surface area is 138 Å². The Balaban J connectivity index is 2.72. The fourth-order valence-electron chi connectivity index (χ4n) is 2.72. The largest absolute Gasteiger partial charge is 0.511 e. The van der Waals surface area contributed by atoms with Gasteiger partial charge in [0.25, 0.3) is 0 Å². The van der Waals surface area contributed by atoms with E-state index in [1.165, 1.54) is 0 Å². The molecule has 0 spiro atoms. The van der Waals surface area contributed by atoms with Gasteiger partial charge in [0.05, 0.1) is 11.3 Å². The smallest absolute Gasteiger partial charge is 0.168 e. The average molecular weight is 327 g/mol. The van der Waals surface area contributed by atoms with Crippen LogP contribution in [0, 0.1) is 5.92 Å². The van der Waals surface area contributed by atoms with Crippen LogP contribution in [0.15, 0.2) is 16.5 Å². The van der Waals surface area contributed by atoms with Crippen molar-refractivity contribution in [2.45, 2.75) is 59.3 Å². The summed E-state index contributed by atoms with van der Waals surface area (Å²) < 4.78 is 0. The molecule has 1 rings (SSSR count). The molecule has 1 aliphatic rings. The fraction of sp³-hybridized carbons (Fsp3) is 0.765. The minimum Gasteiger partial charge on any atom is -0.511 e. The number of rotatable bonds is 10. The maximum absolute atomic E-state index is 12.4. The van der Waals surface area contributed by atoms with Crippen LogP contribution in [-0.2, 0) is 9.63 Å². The first-order valence-corrected chi connectivity index (χ1v) is 9.51. The van der Waals surface area contributed by atoms with Crippen LogP contribution in [0.1, 0.15) is 59.3 Å². The van der Waals surface area contributed by atoms with E-state index in [-0.39, 0.29) is 17.5 Å². The Morgan fingerprint density at radius 3 is 2.73 bits per heavy atom. The molecule has 0 heterocycles. The van der Waals surface area contributed by atoms with E-state index >= 15 is 0 Å². The highest BCUT2D eigenvalue weighted by Gasteiger charge is 2.30. The predicted octanol–water partition coefficient (Wildman–Crippen LogP) is 4.50. The SMILES string of the molecule is CCCC(=NOCC)C1=C(O)C[C@H](CCCSCC)CC1=O. The van der Waals surface area contributed by atoms with E-state index in [2.05, 4.69) is 12.1 Å². The van der Waals surface area contributed by atoms with Crippen molar-refractivity contribution < 1.29 is 14.7 Å². The van der Waals surface area contributed by atoms with Crippen LogP contribution in [0.4, 0.5) is 0 Å². The van der Waals surface area contributed by atoms with Gasteiger partial charge < -0.3 is 9.94 Å². The lowest BCUT2D eigenvalue weighted by atomic mass is 9.82. The van der Waals surface area contributed by atoms with Crippen LogP contribution in [0.5, 0.6) is 0 Å². The number of nitrogens with zero attached hydrogens (tertiary/aromatic N) is 1. The number of aliphatic hydroxyl groups excluding tert-OH is 1. The first kappa shape index (κ1) is 19.1. The number of aliphatic hydroxyl groups is 1. The third kappa shape index (κ3) is 6.03. The summed E-state index contributed by atoms with van der Waals surface area (Å²) >= 11 is 1.92. The van der Waals surface area contributed by atoms with Gasteiger partial charge in [0.1, 0.15) is 12.4 Å². The first-order valence-electron chi connectivity index (χ1n) is 8.36. The molecule has 0 aromatic rings. The van der Waals surface area contributed by atoms with Crippen LogP contribution in [-0.4, -0.2) is 34.7 Å². The quantitative estimate of drug-likeness (QED) is 0.364. The topological polar surface area (TPSA) is 58.9 Å². The van der Waals surface area contributed by atoms with Crippen molar-refractivity contribution >= 4 is 23.3 Å². The molecule has 5 heteroatoms. The van der Waals surface area contributed by atoms with Gasteiger partial charge in [-0.25, -0.2) is 0 Å². The number of hydrogen-bond donors (Lipinski definition) is 1. The Morgan fingerprint density at radius 2 is 2.14 bits per heavy atom. The van der Waals surface area contributed by atoms with Crippen molar-refractivity contribution in [3.05, 3.63) is 11.3 Å². The highest BCUT2D eigenvalue weighted by atomic mass is 32.2. The predicted molar refractivity (Wildman–Crippen MR) is 93.6 cm³/mol. The van der Waals surface area contributed by atoms with Crippen LogP contribution in [0.3, 0.4) is 0 Å². The lowest BCUT2D eigenvalue weighted by molar-refractivity contribution is -0.116. The van der Waals surface area contributed by atoms with Gasteiger partial charge in [0.2, 0.25) is 0 Å². The van der Waals surface area contributed by atoms with Gasteiger partial charge in [-0.1, -0.05) is 25.4 Å². The molecule has 0 bridgehead atoms. The summed E-state index contributed by atoms with van der Waals surface area (Å²) in [4.78, 5) is 17.5. The maximum Gasteiger partial charge on any atom is 0.168 e. The Hall–Kier alpha value is -0.970.